The molecule has 0 atom stereocenters. The molecule has 2 heterocycles. The van der Waals surface area contributed by atoms with Crippen molar-refractivity contribution >= 4 is 44.8 Å². The van der Waals surface area contributed by atoms with Gasteiger partial charge in [0, 0.05) is 28.1 Å². The molecule has 32 heavy (non-hydrogen) atoms. The molecule has 1 amide bonds. The lowest BCUT2D eigenvalue weighted by Crippen LogP contribution is -2.41. The smallest absolute Gasteiger partial charge is 0.267 e. The zero-order valence-electron chi connectivity index (χ0n) is 18.4. The summed E-state index contributed by atoms with van der Waals surface area (Å²) in [6, 6.07) is 13.0. The molecule has 2 aliphatic carbocycles. The molecule has 0 radical (unpaired) electrons. The normalized spacial score (nSPS) is 23.5. The Labute approximate surface area is 203 Å². The minimum Gasteiger partial charge on any atom is -0.317 e. The van der Waals surface area contributed by atoms with Crippen LogP contribution in [0.5, 0.6) is 0 Å². The number of rotatable bonds is 4. The summed E-state index contributed by atoms with van der Waals surface area (Å²) in [5, 5.41) is 0.945. The van der Waals surface area contributed by atoms with Gasteiger partial charge in [0.05, 0.1) is 10.9 Å². The fourth-order valence-corrected chi connectivity index (χ4v) is 6.59. The molecule has 5 rings (SSSR count). The predicted molar refractivity (Wildman–Crippen MR) is 137 cm³/mol. The van der Waals surface area contributed by atoms with E-state index in [2.05, 4.69) is 43.6 Å². The Hall–Kier alpha value is -1.79. The monoisotopic (exact) mass is 511 g/mol. The van der Waals surface area contributed by atoms with Crippen LogP contribution in [0.3, 0.4) is 0 Å². The van der Waals surface area contributed by atoms with Crippen LogP contribution < -0.4 is 0 Å². The molecule has 0 unspecified atom stereocenters. The number of aliphatic imine (C=N–C) groups is 1. The highest BCUT2D eigenvalue weighted by Gasteiger charge is 2.39. The van der Waals surface area contributed by atoms with E-state index in [1.807, 2.05) is 30.5 Å². The van der Waals surface area contributed by atoms with E-state index < -0.39 is 0 Å². The first-order valence-corrected chi connectivity index (χ1v) is 13.5. The topological polar surface area (TPSA) is 37.6 Å². The quantitative estimate of drug-likeness (QED) is 0.407. The number of benzene rings is 1. The molecule has 168 valence electrons. The fourth-order valence-electron chi connectivity index (χ4n) is 5.11. The van der Waals surface area contributed by atoms with Crippen molar-refractivity contribution in [1.82, 2.24) is 9.47 Å². The van der Waals surface area contributed by atoms with Crippen LogP contribution in [-0.4, -0.2) is 32.6 Å². The number of thioether (sulfide) groups is 1. The lowest BCUT2D eigenvalue weighted by atomic mass is 9.94. The maximum Gasteiger partial charge on any atom is 0.267 e. The van der Waals surface area contributed by atoms with Gasteiger partial charge < -0.3 is 4.57 Å². The molecule has 2 saturated carbocycles. The van der Waals surface area contributed by atoms with Crippen LogP contribution in [0.25, 0.3) is 11.8 Å². The van der Waals surface area contributed by atoms with Crippen molar-refractivity contribution in [3.05, 3.63) is 57.7 Å². The third-order valence-electron chi connectivity index (χ3n) is 6.79. The summed E-state index contributed by atoms with van der Waals surface area (Å²) in [7, 11) is 0. The van der Waals surface area contributed by atoms with Crippen LogP contribution >= 0.6 is 27.7 Å². The number of carbonyl (C=O) groups excluding carboxylic acids is 1. The number of hydrogen-bond donors (Lipinski definition) is 0. The van der Waals surface area contributed by atoms with E-state index >= 15 is 0 Å². The third kappa shape index (κ3) is 4.76. The number of amides is 1. The molecule has 1 aromatic heterocycles. The van der Waals surface area contributed by atoms with Crippen molar-refractivity contribution in [3.8, 4) is 5.69 Å². The van der Waals surface area contributed by atoms with Crippen LogP contribution in [0.4, 0.5) is 0 Å². The van der Waals surface area contributed by atoms with Crippen molar-refractivity contribution < 1.29 is 4.79 Å². The molecule has 6 heteroatoms. The summed E-state index contributed by atoms with van der Waals surface area (Å²) in [6.07, 6.45) is 16.1. The van der Waals surface area contributed by atoms with E-state index in [-0.39, 0.29) is 5.91 Å². The molecule has 1 saturated heterocycles. The van der Waals surface area contributed by atoms with E-state index in [9.17, 15) is 4.79 Å². The Kier molecular flexibility index (Phi) is 6.88. The Morgan fingerprint density at radius 1 is 0.969 bits per heavy atom. The SMILES string of the molecule is O=C1C(=Cc2cccn2-c2cccc(Br)c2)SC(=NC2CCCCC2)N1C1CCCCC1. The maximum absolute atomic E-state index is 13.6. The summed E-state index contributed by atoms with van der Waals surface area (Å²) in [5.41, 5.74) is 2.09. The first-order valence-electron chi connectivity index (χ1n) is 11.9. The van der Waals surface area contributed by atoms with Gasteiger partial charge in [0.15, 0.2) is 5.17 Å². The third-order valence-corrected chi connectivity index (χ3v) is 8.28. The fraction of sp³-hybridized carbons (Fsp3) is 0.462. The summed E-state index contributed by atoms with van der Waals surface area (Å²) < 4.78 is 3.17. The standard InChI is InChI=1S/C26H30BrN3OS/c27-19-9-7-14-22(17-19)29-16-8-15-23(29)18-24-25(31)30(21-12-5-2-6-13-21)26(32-24)28-20-10-3-1-4-11-20/h7-9,14-18,20-21H,1-6,10-13H2. The highest BCUT2D eigenvalue weighted by Crippen LogP contribution is 2.38. The number of halogens is 1. The van der Waals surface area contributed by atoms with Gasteiger partial charge in [-0.25, -0.2) is 0 Å². The van der Waals surface area contributed by atoms with E-state index in [4.69, 9.17) is 4.99 Å². The van der Waals surface area contributed by atoms with Gasteiger partial charge in [-0.1, -0.05) is 60.5 Å². The first kappa shape index (κ1) is 22.0. The van der Waals surface area contributed by atoms with Crippen LogP contribution in [0.1, 0.15) is 69.9 Å². The van der Waals surface area contributed by atoms with Crippen LogP contribution in [-0.2, 0) is 4.79 Å². The summed E-state index contributed by atoms with van der Waals surface area (Å²) in [4.78, 5) is 21.6. The molecule has 0 N–H and O–H groups in total. The zero-order chi connectivity index (χ0) is 21.9. The molecular formula is C26H30BrN3OS. The summed E-state index contributed by atoms with van der Waals surface area (Å²) >= 11 is 5.15. The molecular weight excluding hydrogens is 482 g/mol. The van der Waals surface area contributed by atoms with E-state index in [0.29, 0.717) is 12.1 Å². The Bertz CT molecular complexity index is 1030. The highest BCUT2D eigenvalue weighted by atomic mass is 79.9. The maximum atomic E-state index is 13.6. The molecule has 2 aromatic rings. The van der Waals surface area contributed by atoms with Gasteiger partial charge in [-0.2, -0.15) is 0 Å². The zero-order valence-corrected chi connectivity index (χ0v) is 20.8. The lowest BCUT2D eigenvalue weighted by Gasteiger charge is -2.31. The number of hydrogen-bond acceptors (Lipinski definition) is 3. The number of nitrogens with zero attached hydrogens (tertiary/aromatic N) is 3. The van der Waals surface area contributed by atoms with E-state index in [1.165, 1.54) is 38.5 Å². The minimum absolute atomic E-state index is 0.137. The van der Waals surface area contributed by atoms with Crippen molar-refractivity contribution in [3.63, 3.8) is 0 Å². The summed E-state index contributed by atoms with van der Waals surface area (Å²) in [6.45, 7) is 0. The predicted octanol–water partition coefficient (Wildman–Crippen LogP) is 7.18. The van der Waals surface area contributed by atoms with Gasteiger partial charge in [0.1, 0.15) is 0 Å². The highest BCUT2D eigenvalue weighted by molar-refractivity contribution is 9.10. The molecule has 4 nitrogen and oxygen atoms in total. The second-order valence-electron chi connectivity index (χ2n) is 9.06. The van der Waals surface area contributed by atoms with Gasteiger partial charge in [-0.15, -0.1) is 0 Å². The minimum atomic E-state index is 0.137. The largest absolute Gasteiger partial charge is 0.317 e. The molecule has 1 aliphatic heterocycles. The Morgan fingerprint density at radius 3 is 2.47 bits per heavy atom. The van der Waals surface area contributed by atoms with E-state index in [1.54, 1.807) is 11.8 Å². The van der Waals surface area contributed by atoms with Crippen LogP contribution in [0, 0.1) is 0 Å². The van der Waals surface area contributed by atoms with Gasteiger partial charge in [-0.3, -0.25) is 14.7 Å². The van der Waals surface area contributed by atoms with Crippen molar-refractivity contribution in [2.75, 3.05) is 0 Å². The van der Waals surface area contributed by atoms with E-state index in [0.717, 1.165) is 51.6 Å². The Balaban J connectivity index is 1.47. The molecule has 0 bridgehead atoms. The molecule has 3 aliphatic rings. The average Bonchev–Trinajstić information content (AvgIpc) is 3.40. The molecule has 0 spiro atoms. The van der Waals surface area contributed by atoms with Crippen molar-refractivity contribution in [2.45, 2.75) is 76.3 Å². The summed E-state index contributed by atoms with van der Waals surface area (Å²) in [5.74, 6) is 0.137. The van der Waals surface area contributed by atoms with Gasteiger partial charge >= 0.3 is 0 Å². The van der Waals surface area contributed by atoms with Gasteiger partial charge in [-0.05, 0) is 73.9 Å². The van der Waals surface area contributed by atoms with Crippen LogP contribution in [0.2, 0.25) is 0 Å². The second-order valence-corrected chi connectivity index (χ2v) is 11.0. The number of carbonyl (C=O) groups is 1. The number of amidine groups is 1. The van der Waals surface area contributed by atoms with Gasteiger partial charge in [0.25, 0.3) is 5.91 Å². The van der Waals surface area contributed by atoms with Gasteiger partial charge in [0.2, 0.25) is 0 Å². The second kappa shape index (κ2) is 10.0. The van der Waals surface area contributed by atoms with Crippen molar-refractivity contribution in [2.24, 2.45) is 4.99 Å². The average molecular weight is 513 g/mol. The molecule has 3 fully saturated rings. The van der Waals surface area contributed by atoms with Crippen LogP contribution in [0.15, 0.2) is 57.0 Å². The number of aromatic nitrogens is 1. The first-order chi connectivity index (χ1) is 15.7. The Morgan fingerprint density at radius 2 is 1.72 bits per heavy atom. The molecule has 1 aromatic carbocycles. The lowest BCUT2D eigenvalue weighted by molar-refractivity contribution is -0.124. The van der Waals surface area contributed by atoms with Crippen molar-refractivity contribution in [1.29, 1.82) is 0 Å².